The summed E-state index contributed by atoms with van der Waals surface area (Å²) in [5.74, 6) is 0.204. The summed E-state index contributed by atoms with van der Waals surface area (Å²) in [6.45, 7) is 0. The third-order valence-electron chi connectivity index (χ3n) is 4.08. The number of rotatable bonds is 2. The van der Waals surface area contributed by atoms with Crippen LogP contribution in [0.2, 0.25) is 10.0 Å². The van der Waals surface area contributed by atoms with Crippen LogP contribution in [0.25, 0.3) is 33.3 Å². The van der Waals surface area contributed by atoms with Crippen molar-refractivity contribution in [2.45, 2.75) is 0 Å². The van der Waals surface area contributed by atoms with Crippen LogP contribution in [0.3, 0.4) is 0 Å². The minimum atomic E-state index is 0. The quantitative estimate of drug-likeness (QED) is 0.391. The van der Waals surface area contributed by atoms with Crippen molar-refractivity contribution in [2.24, 2.45) is 0 Å². The summed E-state index contributed by atoms with van der Waals surface area (Å²) in [6, 6.07) is 22.3. The molecule has 0 saturated heterocycles. The highest BCUT2D eigenvalue weighted by Crippen LogP contribution is 2.37. The minimum Gasteiger partial charge on any atom is -0.508 e. The molecule has 0 atom stereocenters. The Balaban J connectivity index is 0.00000196. The third-order valence-corrected chi connectivity index (χ3v) is 4.64. The number of aromatic hydroxyl groups is 1. The predicted octanol–water partition coefficient (Wildman–Crippen LogP) is 7.00. The van der Waals surface area contributed by atoms with Gasteiger partial charge in [0, 0.05) is 26.6 Å². The van der Waals surface area contributed by atoms with Crippen LogP contribution in [0.15, 0.2) is 72.8 Å². The largest absolute Gasteiger partial charge is 0.508 e. The van der Waals surface area contributed by atoms with Crippen molar-refractivity contribution >= 4 is 46.5 Å². The van der Waals surface area contributed by atoms with Crippen molar-refractivity contribution in [3.05, 3.63) is 82.8 Å². The highest BCUT2D eigenvalue weighted by atomic mass is 35.5. The van der Waals surface area contributed by atoms with Crippen molar-refractivity contribution in [1.82, 2.24) is 4.98 Å². The molecule has 0 unspecified atom stereocenters. The van der Waals surface area contributed by atoms with Gasteiger partial charge < -0.3 is 5.11 Å². The Morgan fingerprint density at radius 2 is 1.58 bits per heavy atom. The molecule has 5 heteroatoms. The lowest BCUT2D eigenvalue weighted by molar-refractivity contribution is 0.475. The second-order valence-corrected chi connectivity index (χ2v) is 6.59. The number of hydrogen-bond donors (Lipinski definition) is 1. The molecule has 0 aliphatic rings. The van der Waals surface area contributed by atoms with Crippen LogP contribution in [-0.2, 0) is 0 Å². The SMILES string of the molecule is Cl.Oc1cccc(-c2cc(-c3ccccc3Cl)c3cc(Cl)ccc3n2)c1. The summed E-state index contributed by atoms with van der Waals surface area (Å²) >= 11 is 12.6. The topological polar surface area (TPSA) is 33.1 Å². The van der Waals surface area contributed by atoms with E-state index in [-0.39, 0.29) is 18.2 Å². The van der Waals surface area contributed by atoms with E-state index < -0.39 is 0 Å². The summed E-state index contributed by atoms with van der Waals surface area (Å²) in [6.07, 6.45) is 0. The van der Waals surface area contributed by atoms with E-state index in [2.05, 4.69) is 0 Å². The highest BCUT2D eigenvalue weighted by Gasteiger charge is 2.12. The van der Waals surface area contributed by atoms with E-state index in [9.17, 15) is 5.11 Å². The van der Waals surface area contributed by atoms with Crippen LogP contribution in [0.1, 0.15) is 0 Å². The van der Waals surface area contributed by atoms with Crippen LogP contribution >= 0.6 is 35.6 Å². The van der Waals surface area contributed by atoms with E-state index in [1.165, 1.54) is 0 Å². The van der Waals surface area contributed by atoms with Crippen LogP contribution < -0.4 is 0 Å². The second-order valence-electron chi connectivity index (χ2n) is 5.75. The van der Waals surface area contributed by atoms with Gasteiger partial charge in [0.25, 0.3) is 0 Å². The van der Waals surface area contributed by atoms with Gasteiger partial charge in [-0.3, -0.25) is 0 Å². The Hall–Kier alpha value is -2.26. The van der Waals surface area contributed by atoms with Crippen LogP contribution in [0, 0.1) is 0 Å². The lowest BCUT2D eigenvalue weighted by Crippen LogP contribution is -1.90. The van der Waals surface area contributed by atoms with Gasteiger partial charge in [-0.1, -0.05) is 53.5 Å². The number of phenols is 1. The molecule has 0 spiro atoms. The van der Waals surface area contributed by atoms with Gasteiger partial charge in [0.05, 0.1) is 11.2 Å². The number of halogens is 3. The zero-order chi connectivity index (χ0) is 17.4. The average Bonchev–Trinajstić information content (AvgIpc) is 2.61. The molecule has 0 aliphatic heterocycles. The molecule has 1 aromatic heterocycles. The van der Waals surface area contributed by atoms with Crippen molar-refractivity contribution in [3.8, 4) is 28.1 Å². The first-order chi connectivity index (χ1) is 12.1. The van der Waals surface area contributed by atoms with Crippen molar-refractivity contribution < 1.29 is 5.11 Å². The van der Waals surface area contributed by atoms with Crippen LogP contribution in [0.4, 0.5) is 0 Å². The fraction of sp³-hybridized carbons (Fsp3) is 0. The first kappa shape index (κ1) is 18.5. The zero-order valence-electron chi connectivity index (χ0n) is 13.5. The Morgan fingerprint density at radius 1 is 0.769 bits per heavy atom. The number of aromatic nitrogens is 1. The van der Waals surface area contributed by atoms with Gasteiger partial charge in [-0.2, -0.15) is 0 Å². The molecule has 4 rings (SSSR count). The molecule has 4 aromatic rings. The first-order valence-electron chi connectivity index (χ1n) is 7.76. The molecule has 0 fully saturated rings. The van der Waals surface area contributed by atoms with Crippen molar-refractivity contribution in [3.63, 3.8) is 0 Å². The van der Waals surface area contributed by atoms with Crippen molar-refractivity contribution in [1.29, 1.82) is 0 Å². The highest BCUT2D eigenvalue weighted by molar-refractivity contribution is 6.34. The molecule has 0 saturated carbocycles. The summed E-state index contributed by atoms with van der Waals surface area (Å²) in [5, 5.41) is 12.0. The molecular formula is C21H14Cl3NO. The van der Waals surface area contributed by atoms with Crippen molar-refractivity contribution in [2.75, 3.05) is 0 Å². The predicted molar refractivity (Wildman–Crippen MR) is 112 cm³/mol. The van der Waals surface area contributed by atoms with E-state index in [0.717, 1.165) is 33.3 Å². The van der Waals surface area contributed by atoms with Gasteiger partial charge >= 0.3 is 0 Å². The zero-order valence-corrected chi connectivity index (χ0v) is 15.8. The Morgan fingerprint density at radius 3 is 2.35 bits per heavy atom. The van der Waals surface area contributed by atoms with Gasteiger partial charge in [-0.05, 0) is 48.0 Å². The number of hydrogen-bond acceptors (Lipinski definition) is 2. The third kappa shape index (κ3) is 3.49. The molecule has 0 aliphatic carbocycles. The molecule has 1 heterocycles. The normalized spacial score (nSPS) is 10.5. The monoisotopic (exact) mass is 401 g/mol. The minimum absolute atomic E-state index is 0. The van der Waals surface area contributed by atoms with Crippen LogP contribution in [0.5, 0.6) is 5.75 Å². The number of pyridine rings is 1. The van der Waals surface area contributed by atoms with Gasteiger partial charge in [-0.25, -0.2) is 4.98 Å². The number of nitrogens with zero attached hydrogens (tertiary/aromatic N) is 1. The maximum absolute atomic E-state index is 9.79. The lowest BCUT2D eigenvalue weighted by Gasteiger charge is -2.12. The Kier molecular flexibility index (Phi) is 5.38. The number of benzene rings is 3. The maximum atomic E-state index is 9.79. The maximum Gasteiger partial charge on any atom is 0.116 e. The van der Waals surface area contributed by atoms with Crippen LogP contribution in [-0.4, -0.2) is 10.1 Å². The van der Waals surface area contributed by atoms with Gasteiger partial charge in [0.1, 0.15) is 5.75 Å². The first-order valence-corrected chi connectivity index (χ1v) is 8.52. The summed E-state index contributed by atoms with van der Waals surface area (Å²) in [5.41, 5.74) is 4.29. The van der Waals surface area contributed by atoms with Gasteiger partial charge in [-0.15, -0.1) is 12.4 Å². The molecule has 0 radical (unpaired) electrons. The molecule has 0 bridgehead atoms. The molecule has 26 heavy (non-hydrogen) atoms. The van der Waals surface area contributed by atoms with E-state index in [0.29, 0.717) is 10.0 Å². The smallest absolute Gasteiger partial charge is 0.116 e. The fourth-order valence-electron chi connectivity index (χ4n) is 2.91. The van der Waals surface area contributed by atoms with E-state index in [4.69, 9.17) is 28.2 Å². The van der Waals surface area contributed by atoms with E-state index >= 15 is 0 Å². The number of phenolic OH excluding ortho intramolecular Hbond substituents is 1. The summed E-state index contributed by atoms with van der Waals surface area (Å²) in [7, 11) is 0. The van der Waals surface area contributed by atoms with Gasteiger partial charge in [0.2, 0.25) is 0 Å². The molecule has 1 N–H and O–H groups in total. The number of fused-ring (bicyclic) bond motifs is 1. The lowest BCUT2D eigenvalue weighted by atomic mass is 9.98. The van der Waals surface area contributed by atoms with Gasteiger partial charge in [0.15, 0.2) is 0 Å². The Labute approximate surface area is 167 Å². The summed E-state index contributed by atoms with van der Waals surface area (Å²) in [4.78, 5) is 4.73. The molecule has 3 aromatic carbocycles. The molecule has 0 amide bonds. The standard InChI is InChI=1S/C21H13Cl2NO.ClH/c22-14-8-9-20-18(11-14)17(16-6-1-2-7-19(16)23)12-21(24-20)13-4-3-5-15(25)10-13;/h1-12,25H;1H. The average molecular weight is 403 g/mol. The fourth-order valence-corrected chi connectivity index (χ4v) is 3.32. The molecule has 130 valence electrons. The molecule has 2 nitrogen and oxygen atoms in total. The van der Waals surface area contributed by atoms with E-state index in [1.807, 2.05) is 54.6 Å². The molecular weight excluding hydrogens is 389 g/mol. The van der Waals surface area contributed by atoms with E-state index in [1.54, 1.807) is 18.2 Å². The Bertz CT molecular complexity index is 1100. The second kappa shape index (κ2) is 7.55. The summed E-state index contributed by atoms with van der Waals surface area (Å²) < 4.78 is 0.